The summed E-state index contributed by atoms with van der Waals surface area (Å²) in [6.45, 7) is 3.38. The van der Waals surface area contributed by atoms with Crippen molar-refractivity contribution < 1.29 is 61.6 Å². The first-order valence-corrected chi connectivity index (χ1v) is 2.91. The molecular weight excluding hydrogens is 139 g/mol. The third kappa shape index (κ3) is 7.75. The molecule has 0 aliphatic rings. The summed E-state index contributed by atoms with van der Waals surface area (Å²) in [5, 5.41) is -0.120. The van der Waals surface area contributed by atoms with Gasteiger partial charge in [-0.05, 0) is 13.8 Å². The molecule has 0 spiro atoms. The van der Waals surface area contributed by atoms with E-state index >= 15 is 0 Å². The summed E-state index contributed by atoms with van der Waals surface area (Å²) < 4.78 is 17.9. The molecule has 0 aromatic rings. The van der Waals surface area contributed by atoms with Gasteiger partial charge in [0.1, 0.15) is 0 Å². The third-order valence-corrected chi connectivity index (χ3v) is 1.21. The first kappa shape index (κ1) is 11.5. The van der Waals surface area contributed by atoms with Gasteiger partial charge in [-0.1, -0.05) is 0 Å². The van der Waals surface area contributed by atoms with Crippen LogP contribution in [0.3, 0.4) is 0 Å². The zero-order valence-corrected chi connectivity index (χ0v) is 8.78. The molecule has 0 saturated carbocycles. The van der Waals surface area contributed by atoms with E-state index in [9.17, 15) is 4.21 Å². The molecule has 40 valence electrons. The molecule has 0 amide bonds. The average molecular weight is 148 g/mol. The van der Waals surface area contributed by atoms with E-state index in [2.05, 4.69) is 0 Å². The molecule has 0 aromatic heterocycles. The minimum absolute atomic E-state index is 0. The van der Waals surface area contributed by atoms with Crippen LogP contribution in [0.5, 0.6) is 0 Å². The summed E-state index contributed by atoms with van der Waals surface area (Å²) in [5.41, 5.74) is 0. The van der Waals surface area contributed by atoms with Crippen molar-refractivity contribution in [3.63, 3.8) is 0 Å². The quantitative estimate of drug-likeness (QED) is 0.336. The predicted molar refractivity (Wildman–Crippen MR) is 27.0 cm³/mol. The van der Waals surface area contributed by atoms with Gasteiger partial charge in [0.2, 0.25) is 0 Å². The number of hydrogen-bond acceptors (Lipinski definition) is 1. The van der Waals surface area contributed by atoms with Crippen molar-refractivity contribution in [2.24, 2.45) is 0 Å². The van der Waals surface area contributed by atoms with Gasteiger partial charge in [-0.3, -0.25) is 0 Å². The van der Waals surface area contributed by atoms with Crippen molar-refractivity contribution in [1.29, 1.82) is 0 Å². The maximum atomic E-state index is 9.81. The zero-order chi connectivity index (χ0) is 5.15. The molecule has 0 heterocycles. The molecular formula is C3H9KO2S. The van der Waals surface area contributed by atoms with E-state index in [1.165, 1.54) is 0 Å². The van der Waals surface area contributed by atoms with E-state index in [1.54, 1.807) is 13.8 Å². The number of hydrogen-bond donors (Lipinski definition) is 1. The van der Waals surface area contributed by atoms with E-state index in [-0.39, 0.29) is 58.1 Å². The molecule has 0 aliphatic carbocycles. The fourth-order valence-corrected chi connectivity index (χ4v) is 0. The summed E-state index contributed by atoms with van der Waals surface area (Å²) in [5.74, 6) is 0. The van der Waals surface area contributed by atoms with Gasteiger partial charge in [0.25, 0.3) is 0 Å². The molecule has 7 heavy (non-hydrogen) atoms. The molecule has 0 aliphatic heterocycles. The largest absolute Gasteiger partial charge is 1.00 e. The average Bonchev–Trinajstić information content (AvgIpc) is 1.36. The molecule has 0 rings (SSSR count). The summed E-state index contributed by atoms with van der Waals surface area (Å²) in [7, 11) is 0. The summed E-state index contributed by atoms with van der Waals surface area (Å²) in [6, 6.07) is 0. The zero-order valence-electron chi connectivity index (χ0n) is 5.84. The summed E-state index contributed by atoms with van der Waals surface area (Å²) >= 11 is -1.62. The molecule has 0 radical (unpaired) electrons. The molecule has 0 saturated heterocycles. The molecule has 2 nitrogen and oxygen atoms in total. The second-order valence-corrected chi connectivity index (χ2v) is 2.82. The molecule has 1 N–H and O–H groups in total. The number of rotatable bonds is 1. The minimum Gasteiger partial charge on any atom is -1.00 e. The Morgan fingerprint density at radius 1 is 1.71 bits per heavy atom. The van der Waals surface area contributed by atoms with Gasteiger partial charge in [-0.2, -0.15) is 0 Å². The van der Waals surface area contributed by atoms with Crippen molar-refractivity contribution in [2.75, 3.05) is 0 Å². The minimum atomic E-state index is -1.62. The molecule has 0 bridgehead atoms. The van der Waals surface area contributed by atoms with Gasteiger partial charge < -0.3 is 5.98 Å². The second-order valence-electron chi connectivity index (χ2n) is 1.32. The molecule has 0 aromatic carbocycles. The van der Waals surface area contributed by atoms with Crippen LogP contribution in [0.25, 0.3) is 0 Å². The van der Waals surface area contributed by atoms with Crippen molar-refractivity contribution in [2.45, 2.75) is 19.1 Å². The van der Waals surface area contributed by atoms with Crippen LogP contribution in [0, 0.1) is 0 Å². The van der Waals surface area contributed by atoms with Crippen molar-refractivity contribution >= 4 is 11.1 Å². The topological polar surface area (TPSA) is 37.3 Å². The van der Waals surface area contributed by atoms with Crippen LogP contribution in [-0.4, -0.2) is 14.0 Å². The normalized spacial score (nSPS) is 13.1. The standard InChI is InChI=1S/C3H8O2S.K.H/c1-3(2)6(4)5;;/h3H,1-2H3,(H,4,5);;/q;+1;-1. The summed E-state index contributed by atoms with van der Waals surface area (Å²) in [6.07, 6.45) is 0. The smallest absolute Gasteiger partial charge is 1.00 e. The second kappa shape index (κ2) is 5.88. The Kier molecular flexibility index (Phi) is 9.68. The van der Waals surface area contributed by atoms with Gasteiger partial charge >= 0.3 is 51.4 Å². The Hall–Kier alpha value is 1.75. The van der Waals surface area contributed by atoms with E-state index in [0.29, 0.717) is 0 Å². The Morgan fingerprint density at radius 3 is 1.86 bits per heavy atom. The van der Waals surface area contributed by atoms with Gasteiger partial charge in [-0.25, -0.2) is 4.21 Å². The van der Waals surface area contributed by atoms with Crippen LogP contribution in [0.1, 0.15) is 15.3 Å². The van der Waals surface area contributed by atoms with Crippen molar-refractivity contribution in [1.82, 2.24) is 0 Å². The first-order chi connectivity index (χ1) is 2.64. The fourth-order valence-electron chi connectivity index (χ4n) is 0. The predicted octanol–water partition coefficient (Wildman–Crippen LogP) is -2.27. The van der Waals surface area contributed by atoms with E-state index in [0.717, 1.165) is 0 Å². The Labute approximate surface area is 90.3 Å². The van der Waals surface area contributed by atoms with E-state index in [1.807, 2.05) is 0 Å². The van der Waals surface area contributed by atoms with Gasteiger partial charge in [0.15, 0.2) is 11.1 Å². The SMILES string of the molecule is CC(C)S(=O)O.[H-].[K+]. The maximum Gasteiger partial charge on any atom is 1.00 e. The Balaban J connectivity index is -0.000000125. The van der Waals surface area contributed by atoms with Crippen LogP contribution >= 0.6 is 0 Å². The first-order valence-electron chi connectivity index (χ1n) is 1.74. The molecule has 4 heteroatoms. The van der Waals surface area contributed by atoms with E-state index < -0.39 is 11.1 Å². The molecule has 1 unspecified atom stereocenters. The fraction of sp³-hybridized carbons (Fsp3) is 1.00. The van der Waals surface area contributed by atoms with E-state index in [4.69, 9.17) is 4.55 Å². The van der Waals surface area contributed by atoms with Gasteiger partial charge in [-0.15, -0.1) is 0 Å². The van der Waals surface area contributed by atoms with Crippen LogP contribution in [-0.2, 0) is 11.1 Å². The van der Waals surface area contributed by atoms with Crippen LogP contribution in [0.2, 0.25) is 0 Å². The monoisotopic (exact) mass is 148 g/mol. The summed E-state index contributed by atoms with van der Waals surface area (Å²) in [4.78, 5) is 0. The van der Waals surface area contributed by atoms with Crippen molar-refractivity contribution in [3.05, 3.63) is 0 Å². The molecule has 1 atom stereocenters. The van der Waals surface area contributed by atoms with Crippen LogP contribution in [0.4, 0.5) is 0 Å². The third-order valence-electron chi connectivity index (χ3n) is 0.403. The Morgan fingerprint density at radius 2 is 1.86 bits per heavy atom. The Bertz CT molecular complexity index is 68.3. The van der Waals surface area contributed by atoms with Crippen LogP contribution < -0.4 is 51.4 Å². The van der Waals surface area contributed by atoms with Crippen molar-refractivity contribution in [3.8, 4) is 0 Å². The maximum absolute atomic E-state index is 9.81. The van der Waals surface area contributed by atoms with Crippen LogP contribution in [0.15, 0.2) is 0 Å². The van der Waals surface area contributed by atoms with Gasteiger partial charge in [0, 0.05) is 0 Å². The van der Waals surface area contributed by atoms with Gasteiger partial charge in [0.05, 0.1) is 5.25 Å². The molecule has 0 fully saturated rings.